The first-order chi connectivity index (χ1) is 9.79. The van der Waals surface area contributed by atoms with Crippen LogP contribution >= 0.6 is 23.2 Å². The number of benzene rings is 1. The summed E-state index contributed by atoms with van der Waals surface area (Å²) in [5, 5.41) is 10.8. The van der Waals surface area contributed by atoms with Crippen molar-refractivity contribution in [3.05, 3.63) is 39.9 Å². The number of nitrogens with one attached hydrogen (secondary N) is 1. The van der Waals surface area contributed by atoms with Crippen LogP contribution in [-0.2, 0) is 6.18 Å². The monoisotopic (exact) mass is 333 g/mol. The first-order valence-corrected chi connectivity index (χ1v) is 6.00. The van der Waals surface area contributed by atoms with Gasteiger partial charge in [-0.2, -0.15) is 33.4 Å². The summed E-state index contributed by atoms with van der Waals surface area (Å²) in [4.78, 5) is 10.8. The maximum Gasteiger partial charge on any atom is 0.417 e. The van der Waals surface area contributed by atoms with Gasteiger partial charge in [-0.25, -0.2) is 0 Å². The van der Waals surface area contributed by atoms with E-state index in [0.29, 0.717) is 0 Å². The van der Waals surface area contributed by atoms with Crippen molar-refractivity contribution < 1.29 is 13.2 Å². The van der Waals surface area contributed by atoms with E-state index < -0.39 is 17.3 Å². The molecule has 2 aromatic rings. The molecule has 1 aromatic heterocycles. The van der Waals surface area contributed by atoms with Gasteiger partial charge in [0.2, 0.25) is 16.5 Å². The fraction of sp³-hybridized carbons (Fsp3) is 0.0909. The smallest absolute Gasteiger partial charge is 0.324 e. The van der Waals surface area contributed by atoms with Gasteiger partial charge in [0.25, 0.3) is 0 Å². The topological polar surface area (TPSA) is 74.5 Å². The van der Waals surface area contributed by atoms with Crippen molar-refractivity contribution in [2.24, 2.45) is 0 Å². The molecule has 21 heavy (non-hydrogen) atoms. The van der Waals surface area contributed by atoms with E-state index in [9.17, 15) is 13.2 Å². The lowest BCUT2D eigenvalue weighted by atomic mass is 10.1. The van der Waals surface area contributed by atoms with Gasteiger partial charge in [-0.05, 0) is 41.4 Å². The molecule has 0 radical (unpaired) electrons. The minimum atomic E-state index is -4.66. The molecule has 108 valence electrons. The number of rotatable bonds is 2. The fourth-order valence-corrected chi connectivity index (χ4v) is 1.83. The molecule has 0 spiro atoms. The highest BCUT2D eigenvalue weighted by atomic mass is 35.5. The number of hydrogen-bond donors (Lipinski definition) is 1. The SMILES string of the molecule is N#Cc1ccc(Nc2nc(Cl)nc(Cl)n2)cc1C(F)(F)F. The highest BCUT2D eigenvalue weighted by Gasteiger charge is 2.33. The Morgan fingerprint density at radius 3 is 2.24 bits per heavy atom. The van der Waals surface area contributed by atoms with Crippen LogP contribution in [0.4, 0.5) is 24.8 Å². The van der Waals surface area contributed by atoms with Crippen molar-refractivity contribution in [2.45, 2.75) is 6.18 Å². The molecule has 0 aliphatic heterocycles. The molecule has 1 aromatic carbocycles. The predicted octanol–water partition coefficient (Wildman–Crippen LogP) is 3.81. The zero-order valence-electron chi connectivity index (χ0n) is 9.91. The van der Waals surface area contributed by atoms with Gasteiger partial charge in [0.05, 0.1) is 17.2 Å². The van der Waals surface area contributed by atoms with Crippen molar-refractivity contribution >= 4 is 34.8 Å². The molecule has 0 saturated heterocycles. The number of nitrogens with zero attached hydrogens (tertiary/aromatic N) is 4. The summed E-state index contributed by atoms with van der Waals surface area (Å²) >= 11 is 11.1. The molecule has 0 unspecified atom stereocenters. The quantitative estimate of drug-likeness (QED) is 0.904. The average Bonchev–Trinajstić information content (AvgIpc) is 2.36. The second kappa shape index (κ2) is 5.71. The lowest BCUT2D eigenvalue weighted by molar-refractivity contribution is -0.137. The number of nitriles is 1. The zero-order chi connectivity index (χ0) is 15.6. The van der Waals surface area contributed by atoms with Crippen molar-refractivity contribution in [1.82, 2.24) is 15.0 Å². The van der Waals surface area contributed by atoms with E-state index in [-0.39, 0.29) is 22.2 Å². The largest absolute Gasteiger partial charge is 0.417 e. The van der Waals surface area contributed by atoms with Gasteiger partial charge in [-0.15, -0.1) is 0 Å². The molecule has 0 amide bonds. The Morgan fingerprint density at radius 1 is 1.10 bits per heavy atom. The molecule has 5 nitrogen and oxygen atoms in total. The third-order valence-electron chi connectivity index (χ3n) is 2.28. The summed E-state index contributed by atoms with van der Waals surface area (Å²) in [6.45, 7) is 0. The molecular formula is C11H4Cl2F3N5. The van der Waals surface area contributed by atoms with Crippen molar-refractivity contribution in [3.63, 3.8) is 0 Å². The third-order valence-corrected chi connectivity index (χ3v) is 2.62. The number of hydrogen-bond acceptors (Lipinski definition) is 5. The van der Waals surface area contributed by atoms with Gasteiger partial charge < -0.3 is 5.32 Å². The Hall–Kier alpha value is -2.11. The van der Waals surface area contributed by atoms with Gasteiger partial charge in [-0.3, -0.25) is 0 Å². The predicted molar refractivity (Wildman–Crippen MR) is 69.3 cm³/mol. The van der Waals surface area contributed by atoms with Gasteiger partial charge in [0.15, 0.2) is 0 Å². The number of alkyl halides is 3. The Bertz CT molecular complexity index is 707. The summed E-state index contributed by atoms with van der Waals surface area (Å²) in [5.74, 6) is -0.113. The Morgan fingerprint density at radius 2 is 1.71 bits per heavy atom. The van der Waals surface area contributed by atoms with Crippen LogP contribution in [0.1, 0.15) is 11.1 Å². The van der Waals surface area contributed by atoms with Crippen LogP contribution in [0.3, 0.4) is 0 Å². The van der Waals surface area contributed by atoms with E-state index in [4.69, 9.17) is 28.5 Å². The van der Waals surface area contributed by atoms with Crippen LogP contribution in [0.25, 0.3) is 0 Å². The second-order valence-electron chi connectivity index (χ2n) is 3.69. The number of anilines is 2. The molecule has 0 bridgehead atoms. The average molecular weight is 334 g/mol. The van der Waals surface area contributed by atoms with E-state index in [0.717, 1.165) is 12.1 Å². The van der Waals surface area contributed by atoms with Crippen LogP contribution in [0.2, 0.25) is 10.6 Å². The summed E-state index contributed by atoms with van der Waals surface area (Å²) in [7, 11) is 0. The molecule has 0 aliphatic carbocycles. The lowest BCUT2D eigenvalue weighted by Crippen LogP contribution is -2.09. The lowest BCUT2D eigenvalue weighted by Gasteiger charge is -2.11. The summed E-state index contributed by atoms with van der Waals surface area (Å²) in [5.41, 5.74) is -1.53. The zero-order valence-corrected chi connectivity index (χ0v) is 11.4. The van der Waals surface area contributed by atoms with Crippen LogP contribution < -0.4 is 5.32 Å². The molecule has 0 saturated carbocycles. The van der Waals surface area contributed by atoms with Crippen LogP contribution in [0.5, 0.6) is 0 Å². The highest BCUT2D eigenvalue weighted by molar-refractivity contribution is 6.31. The van der Waals surface area contributed by atoms with E-state index in [1.54, 1.807) is 0 Å². The van der Waals surface area contributed by atoms with Gasteiger partial charge >= 0.3 is 6.18 Å². The third kappa shape index (κ3) is 3.71. The normalized spacial score (nSPS) is 11.0. The van der Waals surface area contributed by atoms with Gasteiger partial charge in [-0.1, -0.05) is 0 Å². The van der Waals surface area contributed by atoms with Crippen LogP contribution in [-0.4, -0.2) is 15.0 Å². The molecule has 0 aliphatic rings. The maximum atomic E-state index is 12.8. The maximum absolute atomic E-state index is 12.8. The minimum Gasteiger partial charge on any atom is -0.324 e. The standard InChI is InChI=1S/C11H4Cl2F3N5/c12-8-19-9(13)21-10(20-8)18-6-2-1-5(4-17)7(3-6)11(14,15)16/h1-3H,(H,18,19,20,21). The van der Waals surface area contributed by atoms with E-state index in [1.165, 1.54) is 12.1 Å². The van der Waals surface area contributed by atoms with Crippen molar-refractivity contribution in [1.29, 1.82) is 5.26 Å². The Balaban J connectivity index is 2.40. The van der Waals surface area contributed by atoms with Crippen molar-refractivity contribution in [2.75, 3.05) is 5.32 Å². The molecular weight excluding hydrogens is 330 g/mol. The Kier molecular flexibility index (Phi) is 4.16. The van der Waals surface area contributed by atoms with Gasteiger partial charge in [0.1, 0.15) is 0 Å². The van der Waals surface area contributed by atoms with Crippen LogP contribution in [0, 0.1) is 11.3 Å². The first-order valence-electron chi connectivity index (χ1n) is 5.25. The summed E-state index contributed by atoms with van der Waals surface area (Å²) < 4.78 is 38.5. The summed E-state index contributed by atoms with van der Waals surface area (Å²) in [6.07, 6.45) is -4.66. The van der Waals surface area contributed by atoms with E-state index in [1.807, 2.05) is 0 Å². The Labute approximate surface area is 126 Å². The second-order valence-corrected chi connectivity index (χ2v) is 4.37. The number of aromatic nitrogens is 3. The molecule has 10 heteroatoms. The molecule has 1 N–H and O–H groups in total. The van der Waals surface area contributed by atoms with Crippen LogP contribution in [0.15, 0.2) is 18.2 Å². The van der Waals surface area contributed by atoms with E-state index in [2.05, 4.69) is 20.3 Å². The molecule has 0 fully saturated rings. The van der Waals surface area contributed by atoms with Crippen molar-refractivity contribution in [3.8, 4) is 6.07 Å². The minimum absolute atomic E-state index is 0.0275. The molecule has 1 heterocycles. The molecule has 2 rings (SSSR count). The highest BCUT2D eigenvalue weighted by Crippen LogP contribution is 2.34. The fourth-order valence-electron chi connectivity index (χ4n) is 1.46. The molecule has 0 atom stereocenters. The van der Waals surface area contributed by atoms with Gasteiger partial charge in [0, 0.05) is 5.69 Å². The first kappa shape index (κ1) is 15.3. The number of halogens is 5. The van der Waals surface area contributed by atoms with E-state index >= 15 is 0 Å². The summed E-state index contributed by atoms with van der Waals surface area (Å²) in [6, 6.07) is 4.56.